The van der Waals surface area contributed by atoms with Crippen LogP contribution in [0.25, 0.3) is 0 Å². The first-order valence-corrected chi connectivity index (χ1v) is 5.43. The van der Waals surface area contributed by atoms with Gasteiger partial charge in [-0.1, -0.05) is 43.1 Å². The summed E-state index contributed by atoms with van der Waals surface area (Å²) >= 11 is 11.8. The van der Waals surface area contributed by atoms with Gasteiger partial charge in [-0.2, -0.15) is 0 Å². The third kappa shape index (κ3) is 3.39. The first-order chi connectivity index (χ1) is 6.61. The predicted molar refractivity (Wildman–Crippen MR) is 61.4 cm³/mol. The minimum absolute atomic E-state index is 0.498. The number of rotatable bonds is 4. The van der Waals surface area contributed by atoms with E-state index >= 15 is 0 Å². The first-order valence-electron chi connectivity index (χ1n) is 4.68. The molecule has 1 nitrogen and oxygen atoms in total. The summed E-state index contributed by atoms with van der Waals surface area (Å²) in [4.78, 5) is 0. The maximum absolute atomic E-state index is 5.95. The zero-order chi connectivity index (χ0) is 10.6. The lowest BCUT2D eigenvalue weighted by molar-refractivity contribution is 0.289. The Morgan fingerprint density at radius 2 is 2.00 bits per heavy atom. The van der Waals surface area contributed by atoms with E-state index in [2.05, 4.69) is 13.8 Å². The highest BCUT2D eigenvalue weighted by Gasteiger charge is 2.05. The molecule has 0 aromatic heterocycles. The van der Waals surface area contributed by atoms with Gasteiger partial charge in [-0.15, -0.1) is 0 Å². The molecule has 0 heterocycles. The summed E-state index contributed by atoms with van der Waals surface area (Å²) in [6, 6.07) is 5.41. The van der Waals surface area contributed by atoms with Crippen molar-refractivity contribution in [2.45, 2.75) is 20.3 Å². The van der Waals surface area contributed by atoms with Crippen LogP contribution >= 0.6 is 23.2 Å². The van der Waals surface area contributed by atoms with Crippen LogP contribution in [-0.4, -0.2) is 6.61 Å². The molecule has 1 aromatic rings. The number of hydrogen-bond donors (Lipinski definition) is 0. The summed E-state index contributed by atoms with van der Waals surface area (Å²) in [5.41, 5.74) is 0. The highest BCUT2D eigenvalue weighted by Crippen LogP contribution is 2.31. The zero-order valence-corrected chi connectivity index (χ0v) is 9.90. The Hall–Kier alpha value is -0.400. The van der Waals surface area contributed by atoms with E-state index < -0.39 is 0 Å². The minimum Gasteiger partial charge on any atom is -0.492 e. The molecule has 0 spiro atoms. The number of hydrogen-bond acceptors (Lipinski definition) is 1. The fraction of sp³-hybridized carbons (Fsp3) is 0.455. The molecule has 14 heavy (non-hydrogen) atoms. The van der Waals surface area contributed by atoms with Crippen molar-refractivity contribution in [1.82, 2.24) is 0 Å². The average Bonchev–Trinajstić information content (AvgIpc) is 2.12. The average molecular weight is 233 g/mol. The van der Waals surface area contributed by atoms with Crippen molar-refractivity contribution in [3.05, 3.63) is 28.2 Å². The fourth-order valence-corrected chi connectivity index (χ4v) is 1.35. The molecule has 0 unspecified atom stereocenters. The van der Waals surface area contributed by atoms with Gasteiger partial charge in [0, 0.05) is 0 Å². The van der Waals surface area contributed by atoms with E-state index in [1.54, 1.807) is 6.07 Å². The number of benzene rings is 1. The molecule has 0 amide bonds. The Morgan fingerprint density at radius 3 is 2.64 bits per heavy atom. The highest BCUT2D eigenvalue weighted by atomic mass is 35.5. The summed E-state index contributed by atoms with van der Waals surface area (Å²) in [7, 11) is 0. The fourth-order valence-electron chi connectivity index (χ4n) is 1.00. The van der Waals surface area contributed by atoms with Crippen molar-refractivity contribution >= 4 is 23.2 Å². The van der Waals surface area contributed by atoms with Gasteiger partial charge in [0.15, 0.2) is 0 Å². The van der Waals surface area contributed by atoms with Crippen LogP contribution in [0.15, 0.2) is 18.2 Å². The standard InChI is InChI=1S/C11H14Cl2O/c1-8(2)6-7-14-10-5-3-4-9(12)11(10)13/h3-5,8H,6-7H2,1-2H3. The van der Waals surface area contributed by atoms with Gasteiger partial charge >= 0.3 is 0 Å². The van der Waals surface area contributed by atoms with Crippen LogP contribution in [0, 0.1) is 5.92 Å². The van der Waals surface area contributed by atoms with Gasteiger partial charge in [0.2, 0.25) is 0 Å². The van der Waals surface area contributed by atoms with E-state index in [0.29, 0.717) is 28.3 Å². The van der Waals surface area contributed by atoms with Gasteiger partial charge in [-0.05, 0) is 24.5 Å². The molecule has 0 aliphatic heterocycles. The predicted octanol–water partition coefficient (Wildman–Crippen LogP) is 4.42. The van der Waals surface area contributed by atoms with Crippen LogP contribution in [0.4, 0.5) is 0 Å². The van der Waals surface area contributed by atoms with E-state index in [1.165, 1.54) is 0 Å². The molecule has 1 rings (SSSR count). The van der Waals surface area contributed by atoms with Crippen LogP contribution in [0.3, 0.4) is 0 Å². The Kier molecular flexibility index (Phi) is 4.56. The van der Waals surface area contributed by atoms with Gasteiger partial charge in [0.1, 0.15) is 10.8 Å². The molecule has 0 saturated carbocycles. The van der Waals surface area contributed by atoms with Gasteiger partial charge in [0.25, 0.3) is 0 Å². The molecule has 0 radical (unpaired) electrons. The second-order valence-corrected chi connectivity index (χ2v) is 4.37. The van der Waals surface area contributed by atoms with Crippen molar-refractivity contribution in [1.29, 1.82) is 0 Å². The quantitative estimate of drug-likeness (QED) is 0.747. The van der Waals surface area contributed by atoms with Gasteiger partial charge in [-0.3, -0.25) is 0 Å². The van der Waals surface area contributed by atoms with E-state index in [-0.39, 0.29) is 0 Å². The second kappa shape index (κ2) is 5.47. The van der Waals surface area contributed by atoms with Crippen molar-refractivity contribution in [2.75, 3.05) is 6.61 Å². The van der Waals surface area contributed by atoms with Crippen molar-refractivity contribution in [3.63, 3.8) is 0 Å². The summed E-state index contributed by atoms with van der Waals surface area (Å²) in [5, 5.41) is 1.03. The van der Waals surface area contributed by atoms with E-state index in [4.69, 9.17) is 27.9 Å². The molecule has 0 atom stereocenters. The Labute approximate surface area is 95.0 Å². The third-order valence-corrected chi connectivity index (χ3v) is 2.67. The Morgan fingerprint density at radius 1 is 1.29 bits per heavy atom. The van der Waals surface area contributed by atoms with Crippen LogP contribution < -0.4 is 4.74 Å². The maximum atomic E-state index is 5.95. The summed E-state index contributed by atoms with van der Waals surface area (Å²) in [6.07, 6.45) is 1.02. The normalized spacial score (nSPS) is 10.6. The van der Waals surface area contributed by atoms with E-state index in [1.807, 2.05) is 12.1 Å². The summed E-state index contributed by atoms with van der Waals surface area (Å²) in [5.74, 6) is 1.30. The van der Waals surface area contributed by atoms with Crippen molar-refractivity contribution < 1.29 is 4.74 Å². The van der Waals surface area contributed by atoms with Crippen LogP contribution in [0.1, 0.15) is 20.3 Å². The Balaban J connectivity index is 2.54. The molecule has 78 valence electrons. The lowest BCUT2D eigenvalue weighted by Crippen LogP contribution is -2.01. The molecule has 0 aliphatic carbocycles. The first kappa shape index (κ1) is 11.7. The third-order valence-electron chi connectivity index (χ3n) is 1.87. The van der Waals surface area contributed by atoms with Gasteiger partial charge in [-0.25, -0.2) is 0 Å². The van der Waals surface area contributed by atoms with Crippen molar-refractivity contribution in [2.24, 2.45) is 5.92 Å². The van der Waals surface area contributed by atoms with E-state index in [9.17, 15) is 0 Å². The Bertz CT molecular complexity index is 297. The minimum atomic E-state index is 0.498. The molecule has 0 N–H and O–H groups in total. The lowest BCUT2D eigenvalue weighted by Gasteiger charge is -2.09. The topological polar surface area (TPSA) is 9.23 Å². The number of halogens is 2. The lowest BCUT2D eigenvalue weighted by atomic mass is 10.1. The molecule has 0 bridgehead atoms. The SMILES string of the molecule is CC(C)CCOc1cccc(Cl)c1Cl. The van der Waals surface area contributed by atoms with Gasteiger partial charge < -0.3 is 4.74 Å². The molecule has 1 aromatic carbocycles. The van der Waals surface area contributed by atoms with Crippen LogP contribution in [0.5, 0.6) is 5.75 Å². The van der Waals surface area contributed by atoms with Gasteiger partial charge in [0.05, 0.1) is 11.6 Å². The molecule has 0 saturated heterocycles. The molecular formula is C11H14Cl2O. The second-order valence-electron chi connectivity index (χ2n) is 3.58. The molecular weight excluding hydrogens is 219 g/mol. The smallest absolute Gasteiger partial charge is 0.139 e. The highest BCUT2D eigenvalue weighted by molar-refractivity contribution is 6.42. The van der Waals surface area contributed by atoms with Crippen LogP contribution in [-0.2, 0) is 0 Å². The monoisotopic (exact) mass is 232 g/mol. The summed E-state index contributed by atoms with van der Waals surface area (Å²) in [6.45, 7) is 4.99. The zero-order valence-electron chi connectivity index (χ0n) is 8.39. The summed E-state index contributed by atoms with van der Waals surface area (Å²) < 4.78 is 5.51. The molecule has 3 heteroatoms. The molecule has 0 fully saturated rings. The molecule has 0 aliphatic rings. The number of ether oxygens (including phenoxy) is 1. The van der Waals surface area contributed by atoms with E-state index in [0.717, 1.165) is 6.42 Å². The maximum Gasteiger partial charge on any atom is 0.139 e. The van der Waals surface area contributed by atoms with Crippen molar-refractivity contribution in [3.8, 4) is 5.75 Å². The van der Waals surface area contributed by atoms with Crippen LogP contribution in [0.2, 0.25) is 10.0 Å². The largest absolute Gasteiger partial charge is 0.492 e.